The van der Waals surface area contributed by atoms with E-state index in [1.165, 1.54) is 18.2 Å². The van der Waals surface area contributed by atoms with Crippen LogP contribution in [0, 0.1) is 6.92 Å². The van der Waals surface area contributed by atoms with Gasteiger partial charge >= 0.3 is 6.18 Å². The lowest BCUT2D eigenvalue weighted by atomic mass is 10.1. The summed E-state index contributed by atoms with van der Waals surface area (Å²) in [6, 6.07) is 4.78. The molecule has 2 rings (SSSR count). The normalized spacial score (nSPS) is 12.0. The molecule has 9 heteroatoms. The second-order valence-electron chi connectivity index (χ2n) is 6.73. The molecule has 26 heavy (non-hydrogen) atoms. The van der Waals surface area contributed by atoms with E-state index < -0.39 is 23.2 Å². The third-order valence-electron chi connectivity index (χ3n) is 3.11. The maximum atomic E-state index is 13.2. The molecule has 1 heterocycles. The van der Waals surface area contributed by atoms with Crippen LogP contribution in [-0.2, 0) is 6.18 Å². The van der Waals surface area contributed by atoms with Crippen molar-refractivity contribution in [3.63, 3.8) is 0 Å². The van der Waals surface area contributed by atoms with Crippen LogP contribution in [0.4, 0.5) is 24.8 Å². The minimum Gasteiger partial charge on any atom is -0.346 e. The standard InChI is InChI=1S/C17H18ClF3N4O/c1-9-7-13(14(26)25-16(2,3)4)24-15(22-9)23-12-6-5-10(18)8-11(12)17(19,20)21/h5-8H,1-4H3,(H,25,26)(H,22,23,24). The Bertz CT molecular complexity index is 832. The Hall–Kier alpha value is -2.35. The number of carbonyl (C=O) groups excluding carboxylic acids is 1. The summed E-state index contributed by atoms with van der Waals surface area (Å²) in [7, 11) is 0. The number of alkyl halides is 3. The van der Waals surface area contributed by atoms with E-state index in [9.17, 15) is 18.0 Å². The van der Waals surface area contributed by atoms with Crippen LogP contribution in [0.3, 0.4) is 0 Å². The first-order valence-corrected chi connectivity index (χ1v) is 8.05. The minimum absolute atomic E-state index is 0.0433. The molecule has 0 atom stereocenters. The Balaban J connectivity index is 2.38. The highest BCUT2D eigenvalue weighted by atomic mass is 35.5. The van der Waals surface area contributed by atoms with E-state index in [-0.39, 0.29) is 22.4 Å². The lowest BCUT2D eigenvalue weighted by Gasteiger charge is -2.20. The topological polar surface area (TPSA) is 66.9 Å². The molecule has 5 nitrogen and oxygen atoms in total. The molecule has 140 valence electrons. The SMILES string of the molecule is Cc1cc(C(=O)NC(C)(C)C)nc(Nc2ccc(Cl)cc2C(F)(F)F)n1. The van der Waals surface area contributed by atoms with Crippen molar-refractivity contribution < 1.29 is 18.0 Å². The molecule has 1 aromatic heterocycles. The molecule has 0 radical (unpaired) electrons. The number of amides is 1. The molecule has 0 aliphatic carbocycles. The van der Waals surface area contributed by atoms with E-state index >= 15 is 0 Å². The average Bonchev–Trinajstić information content (AvgIpc) is 2.45. The Morgan fingerprint density at radius 1 is 1.12 bits per heavy atom. The molecule has 0 aliphatic heterocycles. The summed E-state index contributed by atoms with van der Waals surface area (Å²) in [4.78, 5) is 20.3. The third-order valence-corrected chi connectivity index (χ3v) is 3.34. The van der Waals surface area contributed by atoms with Gasteiger partial charge in [0, 0.05) is 16.3 Å². The molecule has 0 fully saturated rings. The monoisotopic (exact) mass is 386 g/mol. The fourth-order valence-electron chi connectivity index (χ4n) is 2.13. The molecule has 1 aromatic carbocycles. The maximum absolute atomic E-state index is 13.2. The van der Waals surface area contributed by atoms with Crippen molar-refractivity contribution >= 4 is 29.1 Å². The summed E-state index contributed by atoms with van der Waals surface area (Å²) in [6.07, 6.45) is -4.61. The van der Waals surface area contributed by atoms with E-state index in [0.717, 1.165) is 6.07 Å². The van der Waals surface area contributed by atoms with Crippen LogP contribution in [-0.4, -0.2) is 21.4 Å². The van der Waals surface area contributed by atoms with Crippen molar-refractivity contribution in [2.75, 3.05) is 5.32 Å². The van der Waals surface area contributed by atoms with E-state index in [2.05, 4.69) is 20.6 Å². The first-order chi connectivity index (χ1) is 11.8. The van der Waals surface area contributed by atoms with Crippen molar-refractivity contribution in [1.29, 1.82) is 0 Å². The van der Waals surface area contributed by atoms with Gasteiger partial charge in [-0.1, -0.05) is 11.6 Å². The Labute approximate surface area is 154 Å². The number of carbonyl (C=O) groups is 1. The summed E-state index contributed by atoms with van der Waals surface area (Å²) >= 11 is 5.67. The predicted molar refractivity (Wildman–Crippen MR) is 93.7 cm³/mol. The number of hydrogen-bond donors (Lipinski definition) is 2. The summed E-state index contributed by atoms with van der Waals surface area (Å²) in [6.45, 7) is 7.04. The summed E-state index contributed by atoms with van der Waals surface area (Å²) in [5.41, 5.74) is -1.20. The largest absolute Gasteiger partial charge is 0.418 e. The van der Waals surface area contributed by atoms with Crippen LogP contribution in [0.1, 0.15) is 42.5 Å². The number of aromatic nitrogens is 2. The van der Waals surface area contributed by atoms with Crippen LogP contribution < -0.4 is 10.6 Å². The zero-order valence-electron chi connectivity index (χ0n) is 14.6. The van der Waals surface area contributed by atoms with E-state index in [1.807, 2.05) is 0 Å². The molecule has 2 N–H and O–H groups in total. The number of hydrogen-bond acceptors (Lipinski definition) is 4. The fraction of sp³-hybridized carbons (Fsp3) is 0.353. The molecule has 0 bridgehead atoms. The van der Waals surface area contributed by atoms with Crippen molar-refractivity contribution in [3.8, 4) is 0 Å². The van der Waals surface area contributed by atoms with E-state index in [0.29, 0.717) is 5.69 Å². The highest BCUT2D eigenvalue weighted by Gasteiger charge is 2.34. The average molecular weight is 387 g/mol. The number of anilines is 2. The smallest absolute Gasteiger partial charge is 0.346 e. The molecular weight excluding hydrogens is 369 g/mol. The van der Waals surface area contributed by atoms with Crippen molar-refractivity contribution in [2.45, 2.75) is 39.4 Å². The first-order valence-electron chi connectivity index (χ1n) is 7.67. The third kappa shape index (κ3) is 5.32. The molecule has 1 amide bonds. The van der Waals surface area contributed by atoms with Crippen LogP contribution in [0.15, 0.2) is 24.3 Å². The number of halogens is 4. The number of rotatable bonds is 3. The zero-order valence-corrected chi connectivity index (χ0v) is 15.4. The molecule has 0 unspecified atom stereocenters. The van der Waals surface area contributed by atoms with Crippen molar-refractivity contribution in [3.05, 3.63) is 46.2 Å². The van der Waals surface area contributed by atoms with Crippen LogP contribution in [0.2, 0.25) is 5.02 Å². The summed E-state index contributed by atoms with van der Waals surface area (Å²) in [5, 5.41) is 5.22. The quantitative estimate of drug-likeness (QED) is 0.800. The van der Waals surface area contributed by atoms with Crippen molar-refractivity contribution in [1.82, 2.24) is 15.3 Å². The second-order valence-corrected chi connectivity index (χ2v) is 7.17. The lowest BCUT2D eigenvalue weighted by molar-refractivity contribution is -0.136. The van der Waals surface area contributed by atoms with Gasteiger partial charge in [0.05, 0.1) is 11.3 Å². The number of nitrogens with zero attached hydrogens (tertiary/aromatic N) is 2. The highest BCUT2D eigenvalue weighted by molar-refractivity contribution is 6.30. The fourth-order valence-corrected chi connectivity index (χ4v) is 2.30. The minimum atomic E-state index is -4.61. The van der Waals surface area contributed by atoms with Gasteiger partial charge in [0.25, 0.3) is 5.91 Å². The molecule has 2 aromatic rings. The van der Waals surface area contributed by atoms with Gasteiger partial charge in [0.15, 0.2) is 0 Å². The van der Waals surface area contributed by atoms with Gasteiger partial charge in [-0.05, 0) is 52.0 Å². The van der Waals surface area contributed by atoms with Gasteiger partial charge in [-0.2, -0.15) is 13.2 Å². The van der Waals surface area contributed by atoms with Crippen molar-refractivity contribution in [2.24, 2.45) is 0 Å². The number of benzene rings is 1. The highest BCUT2D eigenvalue weighted by Crippen LogP contribution is 2.37. The van der Waals surface area contributed by atoms with Gasteiger partial charge in [-0.3, -0.25) is 4.79 Å². The van der Waals surface area contributed by atoms with Gasteiger partial charge < -0.3 is 10.6 Å². The Morgan fingerprint density at radius 3 is 2.35 bits per heavy atom. The zero-order chi connectivity index (χ0) is 19.7. The molecule has 0 saturated heterocycles. The summed E-state index contributed by atoms with van der Waals surface area (Å²) < 4.78 is 39.6. The lowest BCUT2D eigenvalue weighted by Crippen LogP contribution is -2.41. The van der Waals surface area contributed by atoms with Gasteiger partial charge in [-0.15, -0.1) is 0 Å². The van der Waals surface area contributed by atoms with Gasteiger partial charge in [-0.25, -0.2) is 9.97 Å². The molecule has 0 aliphatic rings. The second kappa shape index (κ2) is 7.11. The van der Waals surface area contributed by atoms with Gasteiger partial charge in [0.2, 0.25) is 5.95 Å². The van der Waals surface area contributed by atoms with Crippen LogP contribution in [0.25, 0.3) is 0 Å². The molecular formula is C17H18ClF3N4O. The van der Waals surface area contributed by atoms with E-state index in [1.54, 1.807) is 27.7 Å². The first kappa shape index (κ1) is 20.0. The predicted octanol–water partition coefficient (Wildman–Crippen LogP) is 4.73. The summed E-state index contributed by atoms with van der Waals surface area (Å²) in [5.74, 6) is -0.560. The molecule has 0 spiro atoms. The van der Waals surface area contributed by atoms with Gasteiger partial charge in [0.1, 0.15) is 5.69 Å². The van der Waals surface area contributed by atoms with Crippen LogP contribution in [0.5, 0.6) is 0 Å². The Morgan fingerprint density at radius 2 is 1.77 bits per heavy atom. The molecule has 0 saturated carbocycles. The Kier molecular flexibility index (Phi) is 5.46. The maximum Gasteiger partial charge on any atom is 0.418 e. The number of nitrogens with one attached hydrogen (secondary N) is 2. The number of aryl methyl sites for hydroxylation is 1. The van der Waals surface area contributed by atoms with Crippen LogP contribution >= 0.6 is 11.6 Å². The van der Waals surface area contributed by atoms with E-state index in [4.69, 9.17) is 11.6 Å².